The van der Waals surface area contributed by atoms with Crippen LogP contribution in [0.25, 0.3) is 17.0 Å². The third-order valence-corrected chi connectivity index (χ3v) is 3.58. The van der Waals surface area contributed by atoms with Gasteiger partial charge in [-0.2, -0.15) is 9.78 Å². The van der Waals surface area contributed by atoms with Crippen LogP contribution in [0, 0.1) is 0 Å². The Balaban J connectivity index is 2.34. The first-order chi connectivity index (χ1) is 9.09. The van der Waals surface area contributed by atoms with Gasteiger partial charge in [0.1, 0.15) is 5.02 Å². The van der Waals surface area contributed by atoms with Gasteiger partial charge in [-0.25, -0.2) is 4.98 Å². The van der Waals surface area contributed by atoms with Gasteiger partial charge in [-0.05, 0) is 12.1 Å². The molecule has 0 aliphatic rings. The predicted molar refractivity (Wildman–Crippen MR) is 74.1 cm³/mol. The number of hydrogen-bond acceptors (Lipinski definition) is 3. The number of rotatable bonds is 1. The minimum atomic E-state index is -0.493. The van der Waals surface area contributed by atoms with Crippen molar-refractivity contribution in [3.05, 3.63) is 50.9 Å². The number of fused-ring (bicyclic) bond motifs is 1. The molecule has 0 aliphatic carbocycles. The smallest absolute Gasteiger partial charge is 0.294 e. The molecule has 19 heavy (non-hydrogen) atoms. The van der Waals surface area contributed by atoms with E-state index in [4.69, 9.17) is 23.2 Å². The van der Waals surface area contributed by atoms with Gasteiger partial charge in [0.25, 0.3) is 5.56 Å². The van der Waals surface area contributed by atoms with E-state index in [0.29, 0.717) is 5.95 Å². The number of para-hydroxylation sites is 2. The van der Waals surface area contributed by atoms with Crippen molar-refractivity contribution in [1.82, 2.24) is 19.3 Å². The number of hydrogen-bond donors (Lipinski definition) is 0. The van der Waals surface area contributed by atoms with E-state index in [9.17, 15) is 4.79 Å². The van der Waals surface area contributed by atoms with Crippen LogP contribution in [0.2, 0.25) is 10.0 Å². The molecule has 0 fully saturated rings. The summed E-state index contributed by atoms with van der Waals surface area (Å²) < 4.78 is 2.90. The van der Waals surface area contributed by atoms with Gasteiger partial charge in [-0.3, -0.25) is 4.79 Å². The molecule has 5 nitrogen and oxygen atoms in total. The molecule has 0 atom stereocenters. The quantitative estimate of drug-likeness (QED) is 0.693. The summed E-state index contributed by atoms with van der Waals surface area (Å²) in [6, 6.07) is 7.55. The van der Waals surface area contributed by atoms with E-state index in [0.717, 1.165) is 15.7 Å². The highest BCUT2D eigenvalue weighted by Crippen LogP contribution is 2.18. The highest BCUT2D eigenvalue weighted by molar-refractivity contribution is 6.41. The van der Waals surface area contributed by atoms with Gasteiger partial charge in [0, 0.05) is 7.05 Å². The van der Waals surface area contributed by atoms with Crippen molar-refractivity contribution in [1.29, 1.82) is 0 Å². The Morgan fingerprint density at radius 1 is 1.21 bits per heavy atom. The lowest BCUT2D eigenvalue weighted by Gasteiger charge is -2.04. The lowest BCUT2D eigenvalue weighted by molar-refractivity contribution is 0.718. The summed E-state index contributed by atoms with van der Waals surface area (Å²) in [7, 11) is 1.81. The van der Waals surface area contributed by atoms with E-state index in [1.807, 2.05) is 24.3 Å². The van der Waals surface area contributed by atoms with Crippen molar-refractivity contribution < 1.29 is 0 Å². The Bertz CT molecular complexity index is 837. The molecule has 0 unspecified atom stereocenters. The number of aryl methyl sites for hydroxylation is 1. The molecule has 3 rings (SSSR count). The van der Waals surface area contributed by atoms with Crippen molar-refractivity contribution in [2.24, 2.45) is 7.05 Å². The third kappa shape index (κ3) is 1.82. The van der Waals surface area contributed by atoms with Crippen LogP contribution in [0.3, 0.4) is 0 Å². The summed E-state index contributed by atoms with van der Waals surface area (Å²) >= 11 is 11.6. The van der Waals surface area contributed by atoms with Crippen molar-refractivity contribution >= 4 is 34.2 Å². The van der Waals surface area contributed by atoms with Crippen LogP contribution in [-0.4, -0.2) is 19.3 Å². The second-order valence-corrected chi connectivity index (χ2v) is 4.77. The Morgan fingerprint density at radius 3 is 2.68 bits per heavy atom. The molecule has 0 radical (unpaired) electrons. The third-order valence-electron chi connectivity index (χ3n) is 2.83. The predicted octanol–water partition coefficient (Wildman–Crippen LogP) is 2.43. The molecule has 7 heteroatoms. The summed E-state index contributed by atoms with van der Waals surface area (Å²) in [5, 5.41) is 4.03. The first-order valence-corrected chi connectivity index (χ1v) is 6.20. The summed E-state index contributed by atoms with van der Waals surface area (Å²) in [5.41, 5.74) is 1.18. The Kier molecular flexibility index (Phi) is 2.80. The summed E-state index contributed by atoms with van der Waals surface area (Å²) in [5.74, 6) is 0.393. The van der Waals surface area contributed by atoms with Crippen LogP contribution >= 0.6 is 23.2 Å². The first kappa shape index (κ1) is 12.2. The second kappa shape index (κ2) is 4.36. The number of halogens is 2. The van der Waals surface area contributed by atoms with Gasteiger partial charge in [0.2, 0.25) is 5.95 Å². The maximum atomic E-state index is 12.0. The lowest BCUT2D eigenvalue weighted by Crippen LogP contribution is -2.24. The molecule has 0 saturated heterocycles. The van der Waals surface area contributed by atoms with E-state index in [2.05, 4.69) is 10.1 Å². The molecule has 0 bridgehead atoms. The standard InChI is InChI=1S/C12H8Cl2N4O/c1-17-9-5-3-2-4-8(9)16-12(17)18-11(19)10(14)7(13)6-15-18/h2-6H,1H3. The Morgan fingerprint density at radius 2 is 1.95 bits per heavy atom. The van der Waals surface area contributed by atoms with Crippen LogP contribution in [0.15, 0.2) is 35.3 Å². The number of aromatic nitrogens is 4. The fourth-order valence-corrected chi connectivity index (χ4v) is 2.13. The van der Waals surface area contributed by atoms with Gasteiger partial charge in [0.15, 0.2) is 0 Å². The molecule has 3 aromatic rings. The molecule has 0 spiro atoms. The SMILES string of the molecule is Cn1c(-n2ncc(Cl)c(Cl)c2=O)nc2ccccc21. The van der Waals surface area contributed by atoms with Crippen molar-refractivity contribution in [2.75, 3.05) is 0 Å². The molecule has 0 N–H and O–H groups in total. The molecule has 2 heterocycles. The molecule has 0 aliphatic heterocycles. The zero-order valence-corrected chi connectivity index (χ0v) is 11.4. The molecular weight excluding hydrogens is 287 g/mol. The monoisotopic (exact) mass is 294 g/mol. The average Bonchev–Trinajstić information content (AvgIpc) is 2.74. The average molecular weight is 295 g/mol. The number of nitrogens with zero attached hydrogens (tertiary/aromatic N) is 4. The van der Waals surface area contributed by atoms with Gasteiger partial charge < -0.3 is 4.57 Å². The normalized spacial score (nSPS) is 11.1. The van der Waals surface area contributed by atoms with E-state index in [1.165, 1.54) is 6.20 Å². The Hall–Kier alpha value is -1.85. The van der Waals surface area contributed by atoms with Crippen LogP contribution < -0.4 is 5.56 Å². The van der Waals surface area contributed by atoms with E-state index in [1.54, 1.807) is 11.6 Å². The topological polar surface area (TPSA) is 52.7 Å². The zero-order valence-electron chi connectivity index (χ0n) is 9.84. The highest BCUT2D eigenvalue weighted by atomic mass is 35.5. The van der Waals surface area contributed by atoms with Crippen LogP contribution in [0.4, 0.5) is 0 Å². The Labute approximate surface area is 118 Å². The molecule has 96 valence electrons. The number of imidazole rings is 1. The van der Waals surface area contributed by atoms with Gasteiger partial charge in [-0.1, -0.05) is 35.3 Å². The van der Waals surface area contributed by atoms with Crippen LogP contribution in [0.5, 0.6) is 0 Å². The van der Waals surface area contributed by atoms with Crippen LogP contribution in [0.1, 0.15) is 0 Å². The van der Waals surface area contributed by atoms with Gasteiger partial charge in [-0.15, -0.1) is 0 Å². The van der Waals surface area contributed by atoms with Gasteiger partial charge >= 0.3 is 0 Å². The summed E-state index contributed by atoms with van der Waals surface area (Å²) in [6.45, 7) is 0. The molecule has 0 amide bonds. The highest BCUT2D eigenvalue weighted by Gasteiger charge is 2.14. The zero-order chi connectivity index (χ0) is 13.6. The fraction of sp³-hybridized carbons (Fsp3) is 0.0833. The summed E-state index contributed by atoms with van der Waals surface area (Å²) in [6.07, 6.45) is 1.32. The van der Waals surface area contributed by atoms with Crippen molar-refractivity contribution in [3.8, 4) is 5.95 Å². The van der Waals surface area contributed by atoms with Gasteiger partial charge in [0.05, 0.1) is 22.3 Å². The first-order valence-electron chi connectivity index (χ1n) is 5.45. The second-order valence-electron chi connectivity index (χ2n) is 3.98. The molecule has 2 aromatic heterocycles. The van der Waals surface area contributed by atoms with Crippen LogP contribution in [-0.2, 0) is 7.05 Å². The van der Waals surface area contributed by atoms with E-state index < -0.39 is 5.56 Å². The number of benzene rings is 1. The van der Waals surface area contributed by atoms with Crippen molar-refractivity contribution in [2.45, 2.75) is 0 Å². The maximum absolute atomic E-state index is 12.0. The summed E-state index contributed by atoms with van der Waals surface area (Å²) in [4.78, 5) is 16.4. The molecule has 0 saturated carbocycles. The maximum Gasteiger partial charge on any atom is 0.294 e. The fourth-order valence-electron chi connectivity index (χ4n) is 1.88. The minimum Gasteiger partial charge on any atom is -0.311 e. The molecule has 1 aromatic carbocycles. The minimum absolute atomic E-state index is 0.0660. The van der Waals surface area contributed by atoms with E-state index in [-0.39, 0.29) is 10.0 Å². The van der Waals surface area contributed by atoms with Crippen molar-refractivity contribution in [3.63, 3.8) is 0 Å². The van der Waals surface area contributed by atoms with E-state index >= 15 is 0 Å². The lowest BCUT2D eigenvalue weighted by atomic mass is 10.3. The molecular formula is C12H8Cl2N4O. The largest absolute Gasteiger partial charge is 0.311 e.